The molecule has 88 valence electrons. The third kappa shape index (κ3) is 2.50. The van der Waals surface area contributed by atoms with E-state index in [9.17, 15) is 0 Å². The molecule has 0 bridgehead atoms. The van der Waals surface area contributed by atoms with Crippen LogP contribution in [0.15, 0.2) is 54.6 Å². The van der Waals surface area contributed by atoms with Crippen LogP contribution in [-0.2, 0) is 5.41 Å². The monoisotopic (exact) mass is 244 g/mol. The smallest absolute Gasteiger partial charge is 0.122 e. The fourth-order valence-electron chi connectivity index (χ4n) is 1.97. The largest absolute Gasteiger partial charge is 0.480 e. The van der Waals surface area contributed by atoms with E-state index in [1.54, 1.807) is 0 Å². The molecule has 0 N–H and O–H groups in total. The van der Waals surface area contributed by atoms with Crippen molar-refractivity contribution >= 4 is 9.47 Å². The maximum Gasteiger partial charge on any atom is 0.122 e. The first-order valence-corrected chi connectivity index (χ1v) is 6.14. The predicted molar refractivity (Wildman–Crippen MR) is 75.4 cm³/mol. The molecule has 0 fully saturated rings. The molecule has 2 rings (SSSR count). The second-order valence-electron chi connectivity index (χ2n) is 4.63. The lowest BCUT2D eigenvalue weighted by molar-refractivity contribution is 0.627. The second kappa shape index (κ2) is 4.89. The summed E-state index contributed by atoms with van der Waals surface area (Å²) in [6.07, 6.45) is 0. The fourth-order valence-corrected chi connectivity index (χ4v) is 2.13. The lowest BCUT2D eigenvalue weighted by atomic mass is 9.78. The first-order chi connectivity index (χ1) is 8.14. The van der Waals surface area contributed by atoms with E-state index >= 15 is 0 Å². The lowest BCUT2D eigenvalue weighted by Gasteiger charge is -2.26. The summed E-state index contributed by atoms with van der Waals surface area (Å²) >= 11 is 0. The molecule has 0 saturated carbocycles. The van der Waals surface area contributed by atoms with Crippen LogP contribution in [0.2, 0.25) is 0 Å². The van der Waals surface area contributed by atoms with Gasteiger partial charge in [-0.3, -0.25) is 0 Å². The van der Waals surface area contributed by atoms with Crippen molar-refractivity contribution < 1.29 is 4.52 Å². The standard InChI is InChI=1S/C15H17OP/c1-15(2,12-6-4-3-5-7-12)13-8-10-14(16-17)11-9-13/h3-11H,17H2,1-2H3. The molecule has 0 spiro atoms. The Morgan fingerprint density at radius 3 is 1.88 bits per heavy atom. The molecule has 0 saturated heterocycles. The molecule has 1 nitrogen and oxygen atoms in total. The summed E-state index contributed by atoms with van der Waals surface area (Å²) in [6, 6.07) is 18.8. The molecule has 2 aromatic carbocycles. The molecule has 2 heteroatoms. The average Bonchev–Trinajstić information content (AvgIpc) is 2.40. The first kappa shape index (κ1) is 12.1. The molecule has 0 heterocycles. The van der Waals surface area contributed by atoms with Crippen LogP contribution in [0, 0.1) is 0 Å². The number of hydrogen-bond donors (Lipinski definition) is 0. The van der Waals surface area contributed by atoms with Gasteiger partial charge < -0.3 is 4.52 Å². The molecule has 0 amide bonds. The van der Waals surface area contributed by atoms with Crippen LogP contribution < -0.4 is 4.52 Å². The van der Waals surface area contributed by atoms with E-state index in [2.05, 4.69) is 59.7 Å². The Bertz CT molecular complexity index is 474. The van der Waals surface area contributed by atoms with Crippen molar-refractivity contribution in [3.63, 3.8) is 0 Å². The molecule has 0 aromatic heterocycles. The third-order valence-corrected chi connectivity index (χ3v) is 3.48. The van der Waals surface area contributed by atoms with Gasteiger partial charge in [0.25, 0.3) is 0 Å². The van der Waals surface area contributed by atoms with Crippen LogP contribution in [0.1, 0.15) is 25.0 Å². The molecule has 1 unspecified atom stereocenters. The van der Waals surface area contributed by atoms with E-state index in [0.29, 0.717) is 0 Å². The van der Waals surface area contributed by atoms with Crippen molar-refractivity contribution in [2.45, 2.75) is 19.3 Å². The van der Waals surface area contributed by atoms with Gasteiger partial charge in [-0.15, -0.1) is 0 Å². The highest BCUT2D eigenvalue weighted by Gasteiger charge is 2.22. The van der Waals surface area contributed by atoms with Gasteiger partial charge >= 0.3 is 0 Å². The molecule has 17 heavy (non-hydrogen) atoms. The van der Waals surface area contributed by atoms with E-state index in [4.69, 9.17) is 4.52 Å². The van der Waals surface area contributed by atoms with Gasteiger partial charge in [0.05, 0.1) is 9.47 Å². The van der Waals surface area contributed by atoms with Crippen molar-refractivity contribution in [1.29, 1.82) is 0 Å². The van der Waals surface area contributed by atoms with Gasteiger partial charge in [-0.2, -0.15) is 0 Å². The lowest BCUT2D eigenvalue weighted by Crippen LogP contribution is -2.18. The van der Waals surface area contributed by atoms with Crippen LogP contribution in [0.3, 0.4) is 0 Å². The zero-order chi connectivity index (χ0) is 12.3. The molecule has 0 aliphatic heterocycles. The van der Waals surface area contributed by atoms with Crippen molar-refractivity contribution in [2.24, 2.45) is 0 Å². The van der Waals surface area contributed by atoms with E-state index in [1.807, 2.05) is 18.2 Å². The quantitative estimate of drug-likeness (QED) is 0.736. The Labute approximate surface area is 105 Å². The SMILES string of the molecule is CC(C)(c1ccccc1)c1ccc(OP)cc1. The Balaban J connectivity index is 2.37. The Hall–Kier alpha value is -1.33. The maximum absolute atomic E-state index is 5.10. The molecular formula is C15H17OP. The highest BCUT2D eigenvalue weighted by Crippen LogP contribution is 2.32. The average molecular weight is 244 g/mol. The van der Waals surface area contributed by atoms with Crippen LogP contribution >= 0.6 is 9.47 Å². The Morgan fingerprint density at radius 1 is 0.824 bits per heavy atom. The van der Waals surface area contributed by atoms with Gasteiger partial charge in [0.2, 0.25) is 0 Å². The molecular weight excluding hydrogens is 227 g/mol. The zero-order valence-corrected chi connectivity index (χ0v) is 11.3. The molecule has 0 radical (unpaired) electrons. The van der Waals surface area contributed by atoms with E-state index in [0.717, 1.165) is 5.75 Å². The molecule has 2 aromatic rings. The Kier molecular flexibility index (Phi) is 3.49. The van der Waals surface area contributed by atoms with E-state index in [1.165, 1.54) is 11.1 Å². The Morgan fingerprint density at radius 2 is 1.35 bits per heavy atom. The van der Waals surface area contributed by atoms with E-state index in [-0.39, 0.29) is 5.41 Å². The van der Waals surface area contributed by atoms with Gasteiger partial charge in [0.1, 0.15) is 5.75 Å². The third-order valence-electron chi connectivity index (χ3n) is 3.21. The second-order valence-corrected chi connectivity index (χ2v) is 4.87. The van der Waals surface area contributed by atoms with Gasteiger partial charge in [0, 0.05) is 5.41 Å². The maximum atomic E-state index is 5.10. The molecule has 0 aliphatic rings. The summed E-state index contributed by atoms with van der Waals surface area (Å²) in [4.78, 5) is 0. The van der Waals surface area contributed by atoms with Crippen molar-refractivity contribution in [3.8, 4) is 5.75 Å². The fraction of sp³-hybridized carbons (Fsp3) is 0.200. The summed E-state index contributed by atoms with van der Waals surface area (Å²) in [5.74, 6) is 0.864. The van der Waals surface area contributed by atoms with Crippen LogP contribution in [0.4, 0.5) is 0 Å². The van der Waals surface area contributed by atoms with Crippen molar-refractivity contribution in [2.75, 3.05) is 0 Å². The first-order valence-electron chi connectivity index (χ1n) is 5.67. The summed E-state index contributed by atoms with van der Waals surface area (Å²) in [6.45, 7) is 4.47. The summed E-state index contributed by atoms with van der Waals surface area (Å²) < 4.78 is 5.10. The summed E-state index contributed by atoms with van der Waals surface area (Å²) in [5, 5.41) is 0. The topological polar surface area (TPSA) is 9.23 Å². The van der Waals surface area contributed by atoms with Crippen molar-refractivity contribution in [1.82, 2.24) is 0 Å². The van der Waals surface area contributed by atoms with Gasteiger partial charge in [-0.25, -0.2) is 0 Å². The van der Waals surface area contributed by atoms with Gasteiger partial charge in [-0.05, 0) is 23.3 Å². The highest BCUT2D eigenvalue weighted by atomic mass is 31.0. The zero-order valence-electron chi connectivity index (χ0n) is 10.2. The van der Waals surface area contributed by atoms with Crippen molar-refractivity contribution in [3.05, 3.63) is 65.7 Å². The van der Waals surface area contributed by atoms with Crippen LogP contribution in [0.5, 0.6) is 5.75 Å². The van der Waals surface area contributed by atoms with Crippen LogP contribution in [0.25, 0.3) is 0 Å². The van der Waals surface area contributed by atoms with Gasteiger partial charge in [-0.1, -0.05) is 56.3 Å². The minimum absolute atomic E-state index is 0.0146. The number of hydrogen-bond acceptors (Lipinski definition) is 1. The summed E-state index contributed by atoms with van der Waals surface area (Å²) in [7, 11) is 2.26. The predicted octanol–water partition coefficient (Wildman–Crippen LogP) is 4.18. The summed E-state index contributed by atoms with van der Waals surface area (Å²) in [5.41, 5.74) is 2.62. The van der Waals surface area contributed by atoms with Crippen LogP contribution in [-0.4, -0.2) is 0 Å². The minimum Gasteiger partial charge on any atom is -0.480 e. The normalized spacial score (nSPS) is 11.2. The molecule has 1 atom stereocenters. The number of rotatable bonds is 3. The van der Waals surface area contributed by atoms with Gasteiger partial charge in [0.15, 0.2) is 0 Å². The minimum atomic E-state index is 0.0146. The highest BCUT2D eigenvalue weighted by molar-refractivity contribution is 7.10. The van der Waals surface area contributed by atoms with E-state index < -0.39 is 0 Å². The number of benzene rings is 2. The molecule has 0 aliphatic carbocycles.